The molecule has 0 spiro atoms. The first-order valence-electron chi connectivity index (χ1n) is 10.7. The molecule has 0 fully saturated rings. The number of aliphatic hydroxyl groups is 1. The van der Waals surface area contributed by atoms with Crippen LogP contribution in [-0.4, -0.2) is 47.4 Å². The second-order valence-corrected chi connectivity index (χ2v) is 8.50. The summed E-state index contributed by atoms with van der Waals surface area (Å²) in [5.74, 6) is -0.375. The Balaban J connectivity index is 1.85. The Morgan fingerprint density at radius 1 is 1.03 bits per heavy atom. The highest BCUT2D eigenvalue weighted by molar-refractivity contribution is 6.06. The number of aryl methyl sites for hydroxylation is 1. The summed E-state index contributed by atoms with van der Waals surface area (Å²) in [4.78, 5) is 38.6. The number of aromatic nitrogens is 1. The lowest BCUT2D eigenvalue weighted by molar-refractivity contribution is 0.0526. The molecule has 0 unspecified atom stereocenters. The van der Waals surface area contributed by atoms with Crippen molar-refractivity contribution in [2.24, 2.45) is 0 Å². The highest BCUT2D eigenvalue weighted by Gasteiger charge is 2.15. The molecule has 0 aliphatic heterocycles. The zero-order valence-corrected chi connectivity index (χ0v) is 18.5. The molecule has 0 saturated heterocycles. The summed E-state index contributed by atoms with van der Waals surface area (Å²) < 4.78 is 5.20. The van der Waals surface area contributed by atoms with Crippen LogP contribution in [0, 0.1) is 0 Å². The van der Waals surface area contributed by atoms with Crippen LogP contribution in [0.4, 0.5) is 4.79 Å². The third-order valence-corrected chi connectivity index (χ3v) is 4.61. The van der Waals surface area contributed by atoms with Crippen LogP contribution in [0.15, 0.2) is 29.1 Å². The molecule has 0 aliphatic carbocycles. The van der Waals surface area contributed by atoms with Gasteiger partial charge in [0.1, 0.15) is 5.60 Å². The molecular weight excluding hydrogens is 398 g/mol. The van der Waals surface area contributed by atoms with E-state index in [2.05, 4.69) is 15.6 Å². The molecular formula is C23H33N3O5. The fourth-order valence-corrected chi connectivity index (χ4v) is 3.22. The van der Waals surface area contributed by atoms with Gasteiger partial charge in [-0.25, -0.2) is 4.79 Å². The van der Waals surface area contributed by atoms with Crippen molar-refractivity contribution in [2.75, 3.05) is 19.7 Å². The highest BCUT2D eigenvalue weighted by atomic mass is 16.6. The minimum atomic E-state index is -0.490. The van der Waals surface area contributed by atoms with E-state index in [9.17, 15) is 14.4 Å². The number of H-pyrrole nitrogens is 1. The van der Waals surface area contributed by atoms with Gasteiger partial charge in [0.05, 0.1) is 12.2 Å². The third-order valence-electron chi connectivity index (χ3n) is 4.61. The molecule has 2 amide bonds. The standard InChI is InChI=1S/C23H33N3O5/c1-23(2,3)31-22(30)25-11-7-5-4-6-8-16-9-10-19-17(14-16)18(15-20(28)26-19)21(29)24-12-13-27/h9-10,14-15,27H,4-8,11-13H2,1-3H3,(H,24,29)(H,25,30)(H,26,28). The van der Waals surface area contributed by atoms with Crippen molar-refractivity contribution in [3.63, 3.8) is 0 Å². The summed E-state index contributed by atoms with van der Waals surface area (Å²) in [7, 11) is 0. The molecule has 4 N–H and O–H groups in total. The zero-order chi connectivity index (χ0) is 22.9. The molecule has 2 aromatic rings. The van der Waals surface area contributed by atoms with Gasteiger partial charge < -0.3 is 25.5 Å². The highest BCUT2D eigenvalue weighted by Crippen LogP contribution is 2.19. The number of aromatic amines is 1. The van der Waals surface area contributed by atoms with Gasteiger partial charge in [-0.05, 0) is 57.7 Å². The monoisotopic (exact) mass is 431 g/mol. The number of nitrogens with one attached hydrogen (secondary N) is 3. The topological polar surface area (TPSA) is 121 Å². The number of fused-ring (bicyclic) bond motifs is 1. The second-order valence-electron chi connectivity index (χ2n) is 8.50. The number of hydrogen-bond acceptors (Lipinski definition) is 5. The molecule has 8 heteroatoms. The minimum Gasteiger partial charge on any atom is -0.444 e. The number of amides is 2. The van der Waals surface area contributed by atoms with Crippen molar-refractivity contribution < 1.29 is 19.4 Å². The number of rotatable bonds is 10. The van der Waals surface area contributed by atoms with Gasteiger partial charge in [0.25, 0.3) is 5.91 Å². The average molecular weight is 432 g/mol. The van der Waals surface area contributed by atoms with Crippen LogP contribution in [0.2, 0.25) is 0 Å². The lowest BCUT2D eigenvalue weighted by atomic mass is 10.0. The van der Waals surface area contributed by atoms with Crippen molar-refractivity contribution in [2.45, 2.75) is 58.5 Å². The summed E-state index contributed by atoms with van der Waals surface area (Å²) in [6.45, 7) is 6.07. The van der Waals surface area contributed by atoms with Gasteiger partial charge in [-0.3, -0.25) is 9.59 Å². The van der Waals surface area contributed by atoms with E-state index >= 15 is 0 Å². The van der Waals surface area contributed by atoms with Crippen molar-refractivity contribution in [3.8, 4) is 0 Å². The van der Waals surface area contributed by atoms with E-state index in [1.165, 1.54) is 6.07 Å². The zero-order valence-electron chi connectivity index (χ0n) is 18.5. The van der Waals surface area contributed by atoms with Crippen LogP contribution in [-0.2, 0) is 11.2 Å². The van der Waals surface area contributed by atoms with E-state index in [-0.39, 0.29) is 30.7 Å². The molecule has 170 valence electrons. The molecule has 0 radical (unpaired) electrons. The summed E-state index contributed by atoms with van der Waals surface area (Å²) in [5, 5.41) is 15.0. The van der Waals surface area contributed by atoms with E-state index in [0.717, 1.165) is 37.7 Å². The van der Waals surface area contributed by atoms with Crippen LogP contribution < -0.4 is 16.2 Å². The molecule has 0 bridgehead atoms. The molecule has 8 nitrogen and oxygen atoms in total. The third kappa shape index (κ3) is 8.41. The summed E-state index contributed by atoms with van der Waals surface area (Å²) in [6, 6.07) is 7.00. The second kappa shape index (κ2) is 11.5. The van der Waals surface area contributed by atoms with Crippen molar-refractivity contribution in [1.29, 1.82) is 0 Å². The summed E-state index contributed by atoms with van der Waals surface area (Å²) in [6.07, 6.45) is 4.34. The number of carbonyl (C=O) groups is 2. The van der Waals surface area contributed by atoms with Crippen LogP contribution in [0.5, 0.6) is 0 Å². The van der Waals surface area contributed by atoms with Gasteiger partial charge >= 0.3 is 6.09 Å². The van der Waals surface area contributed by atoms with Gasteiger partial charge in [0.15, 0.2) is 0 Å². The average Bonchev–Trinajstić information content (AvgIpc) is 2.69. The molecule has 31 heavy (non-hydrogen) atoms. The predicted octanol–water partition coefficient (Wildman–Crippen LogP) is 2.88. The van der Waals surface area contributed by atoms with Gasteiger partial charge in [0.2, 0.25) is 5.56 Å². The number of hydrogen-bond donors (Lipinski definition) is 4. The largest absolute Gasteiger partial charge is 0.444 e. The first kappa shape index (κ1) is 24.4. The number of alkyl carbamates (subject to hydrolysis) is 1. The molecule has 0 atom stereocenters. The molecule has 0 aliphatic rings. The Bertz CT molecular complexity index is 946. The Kier molecular flexibility index (Phi) is 9.05. The SMILES string of the molecule is CC(C)(C)OC(=O)NCCCCCCc1ccc2[nH]c(=O)cc(C(=O)NCCO)c2c1. The number of unbranched alkanes of at least 4 members (excludes halogenated alkanes) is 3. The maximum atomic E-state index is 12.4. The molecule has 1 aromatic heterocycles. The quantitative estimate of drug-likeness (QED) is 0.431. The smallest absolute Gasteiger partial charge is 0.407 e. The van der Waals surface area contributed by atoms with E-state index in [0.29, 0.717) is 23.0 Å². The molecule has 0 saturated carbocycles. The van der Waals surface area contributed by atoms with Crippen LogP contribution in [0.3, 0.4) is 0 Å². The van der Waals surface area contributed by atoms with Crippen LogP contribution in [0.25, 0.3) is 10.9 Å². The normalized spacial score (nSPS) is 11.4. The van der Waals surface area contributed by atoms with Crippen molar-refractivity contribution >= 4 is 22.9 Å². The first-order chi connectivity index (χ1) is 14.7. The van der Waals surface area contributed by atoms with Gasteiger partial charge in [-0.15, -0.1) is 0 Å². The number of benzene rings is 1. The van der Waals surface area contributed by atoms with Crippen molar-refractivity contribution in [1.82, 2.24) is 15.6 Å². The minimum absolute atomic E-state index is 0.135. The molecule has 1 heterocycles. The maximum Gasteiger partial charge on any atom is 0.407 e. The van der Waals surface area contributed by atoms with E-state index in [1.54, 1.807) is 0 Å². The van der Waals surface area contributed by atoms with E-state index in [1.807, 2.05) is 39.0 Å². The van der Waals surface area contributed by atoms with Gasteiger partial charge in [-0.1, -0.05) is 18.9 Å². The van der Waals surface area contributed by atoms with E-state index in [4.69, 9.17) is 9.84 Å². The summed E-state index contributed by atoms with van der Waals surface area (Å²) in [5.41, 5.74) is 1.17. The van der Waals surface area contributed by atoms with Crippen LogP contribution in [0.1, 0.15) is 62.4 Å². The number of carbonyl (C=O) groups excluding carboxylic acids is 2. The maximum absolute atomic E-state index is 12.4. The lowest BCUT2D eigenvalue weighted by Crippen LogP contribution is -2.32. The van der Waals surface area contributed by atoms with Crippen molar-refractivity contribution in [3.05, 3.63) is 45.7 Å². The fraction of sp³-hybridized carbons (Fsp3) is 0.522. The summed E-state index contributed by atoms with van der Waals surface area (Å²) >= 11 is 0. The predicted molar refractivity (Wildman–Crippen MR) is 120 cm³/mol. The lowest BCUT2D eigenvalue weighted by Gasteiger charge is -2.19. The van der Waals surface area contributed by atoms with E-state index < -0.39 is 5.60 Å². The van der Waals surface area contributed by atoms with Gasteiger partial charge in [-0.2, -0.15) is 0 Å². The number of aliphatic hydroxyl groups excluding tert-OH is 1. The molecule has 1 aromatic carbocycles. The Morgan fingerprint density at radius 3 is 2.48 bits per heavy atom. The number of pyridine rings is 1. The fourth-order valence-electron chi connectivity index (χ4n) is 3.22. The first-order valence-corrected chi connectivity index (χ1v) is 10.7. The molecule has 2 rings (SSSR count). The Morgan fingerprint density at radius 2 is 1.77 bits per heavy atom. The van der Waals surface area contributed by atoms with Crippen LogP contribution >= 0.6 is 0 Å². The Labute approximate surface area is 182 Å². The van der Waals surface area contributed by atoms with Gasteiger partial charge in [0, 0.05) is 30.1 Å². The Hall–Kier alpha value is -2.87. The number of ether oxygens (including phenoxy) is 1.